The van der Waals surface area contributed by atoms with E-state index in [1.54, 1.807) is 17.0 Å². The van der Waals surface area contributed by atoms with Crippen molar-refractivity contribution in [3.63, 3.8) is 0 Å². The molecule has 1 aliphatic heterocycles. The SMILES string of the molecule is O=C(c1cccc(F)c1)N(C[C@@H]1CCCO1)c1nc2ccccc2s1. The summed E-state index contributed by atoms with van der Waals surface area (Å²) in [4.78, 5) is 19.3. The van der Waals surface area contributed by atoms with Crippen LogP contribution in [0.4, 0.5) is 9.52 Å². The Bertz CT molecular complexity index is 872. The number of hydrogen-bond donors (Lipinski definition) is 0. The molecule has 1 aromatic heterocycles. The second-order valence-electron chi connectivity index (χ2n) is 6.03. The van der Waals surface area contributed by atoms with E-state index in [4.69, 9.17) is 4.74 Å². The van der Waals surface area contributed by atoms with Gasteiger partial charge in [-0.3, -0.25) is 9.69 Å². The van der Waals surface area contributed by atoms with Crippen molar-refractivity contribution in [3.05, 3.63) is 59.9 Å². The molecule has 4 rings (SSSR count). The molecule has 2 heterocycles. The van der Waals surface area contributed by atoms with Gasteiger partial charge in [0.05, 0.1) is 22.9 Å². The number of thiazole rings is 1. The fraction of sp³-hybridized carbons (Fsp3) is 0.263. The van der Waals surface area contributed by atoms with Crippen LogP contribution < -0.4 is 4.90 Å². The van der Waals surface area contributed by atoms with E-state index >= 15 is 0 Å². The van der Waals surface area contributed by atoms with E-state index in [-0.39, 0.29) is 12.0 Å². The summed E-state index contributed by atoms with van der Waals surface area (Å²) in [6.45, 7) is 1.14. The summed E-state index contributed by atoms with van der Waals surface area (Å²) in [5, 5.41) is 0.617. The molecule has 25 heavy (non-hydrogen) atoms. The predicted octanol–water partition coefficient (Wildman–Crippen LogP) is 4.26. The average Bonchev–Trinajstić information content (AvgIpc) is 3.28. The summed E-state index contributed by atoms with van der Waals surface area (Å²) < 4.78 is 20.3. The molecule has 0 saturated carbocycles. The second-order valence-corrected chi connectivity index (χ2v) is 7.03. The van der Waals surface area contributed by atoms with Crippen LogP contribution in [0.2, 0.25) is 0 Å². The topological polar surface area (TPSA) is 42.4 Å². The Labute approximate surface area is 148 Å². The minimum atomic E-state index is -0.424. The Kier molecular flexibility index (Phi) is 4.46. The lowest BCUT2D eigenvalue weighted by molar-refractivity contribution is 0.0917. The molecule has 128 valence electrons. The summed E-state index contributed by atoms with van der Waals surface area (Å²) in [5.74, 6) is -0.679. The molecule has 6 heteroatoms. The van der Waals surface area contributed by atoms with Crippen molar-refractivity contribution in [3.8, 4) is 0 Å². The van der Waals surface area contributed by atoms with Gasteiger partial charge in [0.2, 0.25) is 0 Å². The molecule has 4 nitrogen and oxygen atoms in total. The van der Waals surface area contributed by atoms with E-state index in [0.29, 0.717) is 23.8 Å². The lowest BCUT2D eigenvalue weighted by Crippen LogP contribution is -2.37. The summed E-state index contributed by atoms with van der Waals surface area (Å²) in [6, 6.07) is 13.5. The Hall–Kier alpha value is -2.31. The maximum atomic E-state index is 13.6. The molecule has 1 atom stereocenters. The molecule has 0 spiro atoms. The van der Waals surface area contributed by atoms with Crippen LogP contribution in [0.25, 0.3) is 10.2 Å². The molecule has 0 N–H and O–H groups in total. The number of aromatic nitrogens is 1. The Morgan fingerprint density at radius 2 is 2.16 bits per heavy atom. The number of fused-ring (bicyclic) bond motifs is 1. The average molecular weight is 356 g/mol. The summed E-state index contributed by atoms with van der Waals surface area (Å²) in [6.07, 6.45) is 1.90. The Balaban J connectivity index is 1.71. The minimum Gasteiger partial charge on any atom is -0.376 e. The van der Waals surface area contributed by atoms with Crippen molar-refractivity contribution in [1.29, 1.82) is 0 Å². The normalized spacial score (nSPS) is 17.1. The highest BCUT2D eigenvalue weighted by Crippen LogP contribution is 2.30. The second kappa shape index (κ2) is 6.90. The Morgan fingerprint density at radius 1 is 1.28 bits per heavy atom. The van der Waals surface area contributed by atoms with Gasteiger partial charge in [-0.2, -0.15) is 0 Å². The fourth-order valence-electron chi connectivity index (χ4n) is 2.99. The molecule has 1 saturated heterocycles. The molecule has 0 radical (unpaired) electrons. The van der Waals surface area contributed by atoms with E-state index in [1.807, 2.05) is 24.3 Å². The lowest BCUT2D eigenvalue weighted by Gasteiger charge is -2.23. The van der Waals surface area contributed by atoms with Gasteiger partial charge in [-0.1, -0.05) is 29.5 Å². The van der Waals surface area contributed by atoms with Crippen LogP contribution in [0.15, 0.2) is 48.5 Å². The zero-order valence-corrected chi connectivity index (χ0v) is 14.3. The smallest absolute Gasteiger partial charge is 0.260 e. The van der Waals surface area contributed by atoms with Crippen molar-refractivity contribution < 1.29 is 13.9 Å². The van der Waals surface area contributed by atoms with Crippen LogP contribution in [0.5, 0.6) is 0 Å². The van der Waals surface area contributed by atoms with Gasteiger partial charge in [0.25, 0.3) is 5.91 Å². The first-order valence-corrected chi connectivity index (χ1v) is 9.07. The molecule has 0 aliphatic carbocycles. The van der Waals surface area contributed by atoms with Gasteiger partial charge in [-0.15, -0.1) is 0 Å². The largest absolute Gasteiger partial charge is 0.376 e. The van der Waals surface area contributed by atoms with Crippen molar-refractivity contribution >= 4 is 32.6 Å². The van der Waals surface area contributed by atoms with Crippen molar-refractivity contribution in [2.24, 2.45) is 0 Å². The number of benzene rings is 2. The zero-order valence-electron chi connectivity index (χ0n) is 13.5. The van der Waals surface area contributed by atoms with E-state index in [1.165, 1.54) is 23.5 Å². The molecule has 0 unspecified atom stereocenters. The standard InChI is InChI=1S/C19H17FN2O2S/c20-14-6-3-5-13(11-14)18(23)22(12-15-7-4-10-24-15)19-21-16-8-1-2-9-17(16)25-19/h1-3,5-6,8-9,11,15H,4,7,10,12H2/t15-/m0/s1. The van der Waals surface area contributed by atoms with Crippen LogP contribution in [0.1, 0.15) is 23.2 Å². The first-order valence-electron chi connectivity index (χ1n) is 8.25. The lowest BCUT2D eigenvalue weighted by atomic mass is 10.1. The van der Waals surface area contributed by atoms with Crippen LogP contribution in [0.3, 0.4) is 0 Å². The first kappa shape index (κ1) is 16.2. The fourth-order valence-corrected chi connectivity index (χ4v) is 3.97. The third kappa shape index (κ3) is 3.41. The minimum absolute atomic E-state index is 0.00970. The van der Waals surface area contributed by atoms with Gasteiger partial charge in [-0.25, -0.2) is 9.37 Å². The number of carbonyl (C=O) groups excluding carboxylic acids is 1. The first-order chi connectivity index (χ1) is 12.2. The van der Waals surface area contributed by atoms with Crippen LogP contribution in [0, 0.1) is 5.82 Å². The number of anilines is 1. The van der Waals surface area contributed by atoms with Gasteiger partial charge in [0, 0.05) is 12.2 Å². The van der Waals surface area contributed by atoms with E-state index in [2.05, 4.69) is 4.98 Å². The number of nitrogens with zero attached hydrogens (tertiary/aromatic N) is 2. The van der Waals surface area contributed by atoms with Crippen molar-refractivity contribution in [1.82, 2.24) is 4.98 Å². The summed E-state index contributed by atoms with van der Waals surface area (Å²) >= 11 is 1.46. The Morgan fingerprint density at radius 3 is 2.92 bits per heavy atom. The van der Waals surface area contributed by atoms with Gasteiger partial charge in [0.15, 0.2) is 5.13 Å². The molecule has 2 aromatic carbocycles. The number of rotatable bonds is 4. The molecule has 0 bridgehead atoms. The molecule has 1 aliphatic rings. The summed E-state index contributed by atoms with van der Waals surface area (Å²) in [7, 11) is 0. The molecular weight excluding hydrogens is 339 g/mol. The maximum Gasteiger partial charge on any atom is 0.260 e. The van der Waals surface area contributed by atoms with Crippen molar-refractivity contribution in [2.45, 2.75) is 18.9 Å². The molecular formula is C19H17FN2O2S. The predicted molar refractivity (Wildman–Crippen MR) is 96.7 cm³/mol. The number of hydrogen-bond acceptors (Lipinski definition) is 4. The van der Waals surface area contributed by atoms with Gasteiger partial charge in [-0.05, 0) is 43.2 Å². The highest BCUT2D eigenvalue weighted by Gasteiger charge is 2.27. The number of amides is 1. The van der Waals surface area contributed by atoms with Crippen LogP contribution in [-0.4, -0.2) is 30.1 Å². The maximum absolute atomic E-state index is 13.6. The van der Waals surface area contributed by atoms with Gasteiger partial charge in [0.1, 0.15) is 5.82 Å². The number of carbonyl (C=O) groups is 1. The summed E-state index contributed by atoms with van der Waals surface area (Å²) in [5.41, 5.74) is 1.17. The number of ether oxygens (including phenoxy) is 1. The molecule has 1 amide bonds. The number of halogens is 1. The zero-order chi connectivity index (χ0) is 17.2. The third-order valence-corrected chi connectivity index (χ3v) is 5.30. The highest BCUT2D eigenvalue weighted by molar-refractivity contribution is 7.22. The van der Waals surface area contributed by atoms with Crippen molar-refractivity contribution in [2.75, 3.05) is 18.1 Å². The van der Waals surface area contributed by atoms with Crippen LogP contribution in [-0.2, 0) is 4.74 Å². The van der Waals surface area contributed by atoms with E-state index < -0.39 is 5.82 Å². The molecule has 3 aromatic rings. The van der Waals surface area contributed by atoms with Gasteiger partial charge >= 0.3 is 0 Å². The molecule has 1 fully saturated rings. The highest BCUT2D eigenvalue weighted by atomic mass is 32.1. The number of para-hydroxylation sites is 1. The van der Waals surface area contributed by atoms with E-state index in [9.17, 15) is 9.18 Å². The van der Waals surface area contributed by atoms with E-state index in [0.717, 1.165) is 23.1 Å². The van der Waals surface area contributed by atoms with Crippen LogP contribution >= 0.6 is 11.3 Å². The third-order valence-electron chi connectivity index (χ3n) is 4.24. The monoisotopic (exact) mass is 356 g/mol. The van der Waals surface area contributed by atoms with Gasteiger partial charge < -0.3 is 4.74 Å². The quantitative estimate of drug-likeness (QED) is 0.701.